The first-order chi connectivity index (χ1) is 11.5. The van der Waals surface area contributed by atoms with Crippen molar-refractivity contribution >= 4 is 23.5 Å². The van der Waals surface area contributed by atoms with E-state index in [1.54, 1.807) is 0 Å². The fraction of sp³-hybridized carbons (Fsp3) is 0.211. The normalized spacial score (nSPS) is 18.7. The zero-order valence-corrected chi connectivity index (χ0v) is 13.2. The summed E-state index contributed by atoms with van der Waals surface area (Å²) in [4.78, 5) is 37.2. The average molecular weight is 323 g/mol. The molecule has 2 atom stereocenters. The summed E-state index contributed by atoms with van der Waals surface area (Å²) in [6, 6.07) is 15.4. The van der Waals surface area contributed by atoms with E-state index in [0.717, 1.165) is 10.5 Å². The Kier molecular flexibility index (Phi) is 4.16. The van der Waals surface area contributed by atoms with Gasteiger partial charge in [0.2, 0.25) is 11.8 Å². The Labute approximate surface area is 139 Å². The molecule has 0 saturated carbocycles. The number of nitrogens with zero attached hydrogens (tertiary/aromatic N) is 1. The van der Waals surface area contributed by atoms with Gasteiger partial charge in [0.25, 0.3) is 0 Å². The minimum absolute atomic E-state index is 0.0639. The van der Waals surface area contributed by atoms with Crippen LogP contribution in [0.4, 0.5) is 5.69 Å². The molecule has 5 nitrogen and oxygen atoms in total. The minimum Gasteiger partial charge on any atom is -0.478 e. The highest BCUT2D eigenvalue weighted by Gasteiger charge is 2.42. The number of carboxylic acid groups (broad SMARTS) is 1. The second-order valence-corrected chi connectivity index (χ2v) is 5.93. The van der Waals surface area contributed by atoms with Crippen molar-refractivity contribution in [1.82, 2.24) is 0 Å². The van der Waals surface area contributed by atoms with Crippen molar-refractivity contribution in [1.29, 1.82) is 0 Å². The Morgan fingerprint density at radius 1 is 1.08 bits per heavy atom. The summed E-state index contributed by atoms with van der Waals surface area (Å²) in [7, 11) is 0. The molecule has 0 unspecified atom stereocenters. The molecular formula is C19H17NO4. The molecule has 0 spiro atoms. The van der Waals surface area contributed by atoms with E-state index in [4.69, 9.17) is 5.11 Å². The summed E-state index contributed by atoms with van der Waals surface area (Å²) >= 11 is 0. The predicted octanol–water partition coefficient (Wildman–Crippen LogP) is 3.07. The maximum atomic E-state index is 12.7. The molecule has 1 aliphatic rings. The smallest absolute Gasteiger partial charge is 0.335 e. The maximum Gasteiger partial charge on any atom is 0.335 e. The lowest BCUT2D eigenvalue weighted by molar-refractivity contribution is -0.122. The number of carbonyl (C=O) groups excluding carboxylic acids is 2. The van der Waals surface area contributed by atoms with Crippen LogP contribution in [0, 0.1) is 5.92 Å². The number of benzene rings is 2. The summed E-state index contributed by atoms with van der Waals surface area (Å²) in [5.74, 6) is -2.00. The molecule has 0 radical (unpaired) electrons. The van der Waals surface area contributed by atoms with E-state index in [1.165, 1.54) is 24.3 Å². The molecule has 2 aromatic carbocycles. The first-order valence-corrected chi connectivity index (χ1v) is 7.74. The lowest BCUT2D eigenvalue weighted by Gasteiger charge is -2.19. The predicted molar refractivity (Wildman–Crippen MR) is 88.9 cm³/mol. The van der Waals surface area contributed by atoms with E-state index < -0.39 is 11.9 Å². The van der Waals surface area contributed by atoms with E-state index in [2.05, 4.69) is 0 Å². The van der Waals surface area contributed by atoms with Crippen molar-refractivity contribution in [2.24, 2.45) is 5.92 Å². The summed E-state index contributed by atoms with van der Waals surface area (Å²) < 4.78 is 0. The molecular weight excluding hydrogens is 306 g/mol. The first kappa shape index (κ1) is 15.9. The fourth-order valence-electron chi connectivity index (χ4n) is 3.06. The Hall–Kier alpha value is -2.95. The van der Waals surface area contributed by atoms with E-state index in [-0.39, 0.29) is 29.7 Å². The first-order valence-electron chi connectivity index (χ1n) is 7.74. The number of imide groups is 1. The summed E-state index contributed by atoms with van der Waals surface area (Å²) in [6.45, 7) is 1.95. The van der Waals surface area contributed by atoms with Gasteiger partial charge in [0.1, 0.15) is 0 Å². The third kappa shape index (κ3) is 2.80. The molecule has 1 heterocycles. The highest BCUT2D eigenvalue weighted by molar-refractivity contribution is 6.21. The van der Waals surface area contributed by atoms with Crippen LogP contribution in [0.2, 0.25) is 0 Å². The number of carbonyl (C=O) groups is 3. The van der Waals surface area contributed by atoms with Gasteiger partial charge in [-0.3, -0.25) is 14.5 Å². The standard InChI is InChI=1S/C19H17NO4/c1-12(13-5-3-2-4-6-13)16-11-17(21)20(18(16)22)15-9-7-14(8-10-15)19(23)24/h2-10,12,16H,11H2,1H3,(H,23,24)/t12-,16-/m1/s1. The van der Waals surface area contributed by atoms with Crippen LogP contribution in [0.5, 0.6) is 0 Å². The zero-order chi connectivity index (χ0) is 17.3. The molecule has 0 bridgehead atoms. The molecule has 0 aliphatic carbocycles. The highest BCUT2D eigenvalue weighted by atomic mass is 16.4. The summed E-state index contributed by atoms with van der Waals surface area (Å²) in [5.41, 5.74) is 1.55. The molecule has 3 rings (SSSR count). The van der Waals surface area contributed by atoms with Gasteiger partial charge in [-0.1, -0.05) is 37.3 Å². The third-order valence-corrected chi connectivity index (χ3v) is 4.48. The number of carboxylic acids is 1. The van der Waals surface area contributed by atoms with Crippen molar-refractivity contribution in [3.63, 3.8) is 0 Å². The molecule has 1 N–H and O–H groups in total. The van der Waals surface area contributed by atoms with Crippen molar-refractivity contribution in [2.75, 3.05) is 4.90 Å². The number of anilines is 1. The summed E-state index contributed by atoms with van der Waals surface area (Å²) in [6.07, 6.45) is 0.162. The Bertz CT molecular complexity index is 783. The second kappa shape index (κ2) is 6.28. The number of aromatic carboxylic acids is 1. The van der Waals surface area contributed by atoms with Gasteiger partial charge in [-0.05, 0) is 35.7 Å². The maximum absolute atomic E-state index is 12.7. The second-order valence-electron chi connectivity index (χ2n) is 5.93. The monoisotopic (exact) mass is 323 g/mol. The molecule has 24 heavy (non-hydrogen) atoms. The van der Waals surface area contributed by atoms with Crippen LogP contribution < -0.4 is 4.90 Å². The van der Waals surface area contributed by atoms with Gasteiger partial charge in [-0.2, -0.15) is 0 Å². The molecule has 1 fully saturated rings. The lowest BCUT2D eigenvalue weighted by Crippen LogP contribution is -2.31. The van der Waals surface area contributed by atoms with E-state index in [9.17, 15) is 14.4 Å². The van der Waals surface area contributed by atoms with Gasteiger partial charge >= 0.3 is 5.97 Å². The van der Waals surface area contributed by atoms with Crippen molar-refractivity contribution in [2.45, 2.75) is 19.3 Å². The van der Waals surface area contributed by atoms with Crippen LogP contribution in [-0.4, -0.2) is 22.9 Å². The molecule has 122 valence electrons. The van der Waals surface area contributed by atoms with Crippen LogP contribution in [0.25, 0.3) is 0 Å². The molecule has 5 heteroatoms. The van der Waals surface area contributed by atoms with E-state index in [0.29, 0.717) is 5.69 Å². The van der Waals surface area contributed by atoms with Crippen molar-refractivity contribution in [3.05, 3.63) is 65.7 Å². The van der Waals surface area contributed by atoms with Gasteiger partial charge in [0.05, 0.1) is 17.2 Å². The lowest BCUT2D eigenvalue weighted by atomic mass is 9.86. The SMILES string of the molecule is C[C@H](c1ccccc1)[C@H]1CC(=O)N(c2ccc(C(=O)O)cc2)C1=O. The number of rotatable bonds is 4. The zero-order valence-electron chi connectivity index (χ0n) is 13.2. The largest absolute Gasteiger partial charge is 0.478 e. The molecule has 1 saturated heterocycles. The van der Waals surface area contributed by atoms with Gasteiger partial charge in [-0.25, -0.2) is 4.79 Å². The van der Waals surface area contributed by atoms with Crippen LogP contribution in [0.15, 0.2) is 54.6 Å². The van der Waals surface area contributed by atoms with Crippen LogP contribution in [0.3, 0.4) is 0 Å². The van der Waals surface area contributed by atoms with Crippen LogP contribution in [-0.2, 0) is 9.59 Å². The van der Waals surface area contributed by atoms with Crippen LogP contribution in [0.1, 0.15) is 35.2 Å². The Morgan fingerprint density at radius 3 is 2.29 bits per heavy atom. The van der Waals surface area contributed by atoms with Gasteiger partial charge < -0.3 is 5.11 Å². The molecule has 2 aromatic rings. The Balaban J connectivity index is 1.85. The quantitative estimate of drug-likeness (QED) is 0.878. The average Bonchev–Trinajstić information content (AvgIpc) is 2.89. The van der Waals surface area contributed by atoms with Gasteiger partial charge in [0, 0.05) is 6.42 Å². The molecule has 0 aromatic heterocycles. The van der Waals surface area contributed by atoms with Crippen LogP contribution >= 0.6 is 0 Å². The van der Waals surface area contributed by atoms with Crippen molar-refractivity contribution < 1.29 is 19.5 Å². The van der Waals surface area contributed by atoms with E-state index in [1.807, 2.05) is 37.3 Å². The summed E-state index contributed by atoms with van der Waals surface area (Å²) in [5, 5.41) is 8.94. The van der Waals surface area contributed by atoms with E-state index >= 15 is 0 Å². The molecule has 1 aliphatic heterocycles. The minimum atomic E-state index is -1.05. The Morgan fingerprint density at radius 2 is 1.71 bits per heavy atom. The number of hydrogen-bond donors (Lipinski definition) is 1. The third-order valence-electron chi connectivity index (χ3n) is 4.48. The van der Waals surface area contributed by atoms with Crippen molar-refractivity contribution in [3.8, 4) is 0 Å². The highest BCUT2D eigenvalue weighted by Crippen LogP contribution is 2.35. The fourth-order valence-corrected chi connectivity index (χ4v) is 3.06. The van der Waals surface area contributed by atoms with Gasteiger partial charge in [0.15, 0.2) is 0 Å². The van der Waals surface area contributed by atoms with Gasteiger partial charge in [-0.15, -0.1) is 0 Å². The molecule has 2 amide bonds. The number of amides is 2. The topological polar surface area (TPSA) is 74.7 Å². The number of hydrogen-bond acceptors (Lipinski definition) is 3.